The first-order valence-electron chi connectivity index (χ1n) is 9.12. The Labute approximate surface area is 146 Å². The van der Waals surface area contributed by atoms with Gasteiger partial charge in [0.05, 0.1) is 12.0 Å². The van der Waals surface area contributed by atoms with Crippen molar-refractivity contribution < 1.29 is 9.53 Å². The van der Waals surface area contributed by atoms with E-state index in [0.717, 1.165) is 37.4 Å². The van der Waals surface area contributed by atoms with E-state index in [-0.39, 0.29) is 5.91 Å². The lowest BCUT2D eigenvalue weighted by Crippen LogP contribution is -2.40. The molecule has 0 bridgehead atoms. The number of nitrogens with one attached hydrogen (secondary N) is 2. The minimum Gasteiger partial charge on any atom is -0.493 e. The van der Waals surface area contributed by atoms with Gasteiger partial charge in [-0.1, -0.05) is 26.0 Å². The van der Waals surface area contributed by atoms with Crippen molar-refractivity contribution in [2.75, 3.05) is 26.2 Å². The van der Waals surface area contributed by atoms with Gasteiger partial charge in [-0.2, -0.15) is 0 Å². The quantitative estimate of drug-likeness (QED) is 0.769. The molecule has 0 radical (unpaired) electrons. The van der Waals surface area contributed by atoms with Crippen molar-refractivity contribution in [3.63, 3.8) is 0 Å². The highest BCUT2D eigenvalue weighted by Crippen LogP contribution is 2.26. The standard InChI is InChI=1S/C20H32N2O2/c1-15(2)14-24-18-7-5-17(6-8-18)20(3,4)19(23)22-12-10-16-9-11-21-13-16/h5-8,15-16,21H,9-14H2,1-4H3,(H,22,23). The van der Waals surface area contributed by atoms with Gasteiger partial charge < -0.3 is 15.4 Å². The average Bonchev–Trinajstić information content (AvgIpc) is 3.06. The van der Waals surface area contributed by atoms with E-state index in [1.54, 1.807) is 0 Å². The third kappa shape index (κ3) is 5.23. The van der Waals surface area contributed by atoms with Gasteiger partial charge in [0.15, 0.2) is 0 Å². The van der Waals surface area contributed by atoms with Crippen LogP contribution in [-0.2, 0) is 10.2 Å². The Kier molecular flexibility index (Phi) is 6.67. The molecule has 0 saturated carbocycles. The lowest BCUT2D eigenvalue weighted by molar-refractivity contribution is -0.125. The maximum Gasteiger partial charge on any atom is 0.230 e. The summed E-state index contributed by atoms with van der Waals surface area (Å²) in [5.41, 5.74) is 0.476. The minimum atomic E-state index is -0.537. The molecule has 24 heavy (non-hydrogen) atoms. The molecule has 4 nitrogen and oxygen atoms in total. The normalized spacial score (nSPS) is 18.0. The van der Waals surface area contributed by atoms with Crippen molar-refractivity contribution in [1.29, 1.82) is 0 Å². The highest BCUT2D eigenvalue weighted by molar-refractivity contribution is 5.87. The van der Waals surface area contributed by atoms with Crippen molar-refractivity contribution in [2.24, 2.45) is 11.8 Å². The van der Waals surface area contributed by atoms with Gasteiger partial charge in [-0.25, -0.2) is 0 Å². The molecule has 2 N–H and O–H groups in total. The van der Waals surface area contributed by atoms with E-state index in [2.05, 4.69) is 24.5 Å². The molecule has 134 valence electrons. The number of amides is 1. The molecule has 2 rings (SSSR count). The molecule has 0 aliphatic carbocycles. The SMILES string of the molecule is CC(C)COc1ccc(C(C)(C)C(=O)NCCC2CCNC2)cc1. The maximum atomic E-state index is 12.6. The second-order valence-electron chi connectivity index (χ2n) is 7.76. The van der Waals surface area contributed by atoms with Crippen LogP contribution in [0.15, 0.2) is 24.3 Å². The van der Waals surface area contributed by atoms with E-state index in [0.29, 0.717) is 18.4 Å². The van der Waals surface area contributed by atoms with Crippen molar-refractivity contribution in [3.8, 4) is 5.75 Å². The van der Waals surface area contributed by atoms with Crippen molar-refractivity contribution in [2.45, 2.75) is 46.0 Å². The Bertz CT molecular complexity index is 517. The second-order valence-corrected chi connectivity index (χ2v) is 7.76. The van der Waals surface area contributed by atoms with Gasteiger partial charge in [0, 0.05) is 6.54 Å². The molecule has 0 aromatic heterocycles. The van der Waals surface area contributed by atoms with E-state index in [4.69, 9.17) is 4.74 Å². The largest absolute Gasteiger partial charge is 0.493 e. The molecule has 4 heteroatoms. The monoisotopic (exact) mass is 332 g/mol. The molecule has 1 heterocycles. The van der Waals surface area contributed by atoms with E-state index in [1.807, 2.05) is 38.1 Å². The molecule has 1 aliphatic heterocycles. The van der Waals surface area contributed by atoms with Crippen LogP contribution in [0.25, 0.3) is 0 Å². The number of ether oxygens (including phenoxy) is 1. The summed E-state index contributed by atoms with van der Waals surface area (Å²) in [5, 5.41) is 6.47. The molecule has 1 aliphatic rings. The summed E-state index contributed by atoms with van der Waals surface area (Å²) in [5.74, 6) is 2.15. The molecule has 1 aromatic rings. The van der Waals surface area contributed by atoms with Crippen LogP contribution in [0, 0.1) is 11.8 Å². The number of carbonyl (C=O) groups excluding carboxylic acids is 1. The summed E-state index contributed by atoms with van der Waals surface area (Å²) < 4.78 is 5.71. The van der Waals surface area contributed by atoms with Gasteiger partial charge in [-0.15, -0.1) is 0 Å². The van der Waals surface area contributed by atoms with Gasteiger partial charge in [-0.05, 0) is 69.3 Å². The number of carbonyl (C=O) groups is 1. The third-order valence-corrected chi connectivity index (χ3v) is 4.73. The highest BCUT2D eigenvalue weighted by Gasteiger charge is 2.29. The number of rotatable bonds is 8. The van der Waals surface area contributed by atoms with E-state index >= 15 is 0 Å². The minimum absolute atomic E-state index is 0.0873. The smallest absolute Gasteiger partial charge is 0.230 e. The van der Waals surface area contributed by atoms with Crippen molar-refractivity contribution >= 4 is 5.91 Å². The lowest BCUT2D eigenvalue weighted by atomic mass is 9.83. The second kappa shape index (κ2) is 8.52. The number of hydrogen-bond donors (Lipinski definition) is 2. The Balaban J connectivity index is 1.86. The predicted molar refractivity (Wildman–Crippen MR) is 98.4 cm³/mol. The van der Waals surface area contributed by atoms with E-state index < -0.39 is 5.41 Å². The summed E-state index contributed by atoms with van der Waals surface area (Å²) in [6, 6.07) is 7.90. The lowest BCUT2D eigenvalue weighted by Gasteiger charge is -2.25. The number of hydrogen-bond acceptors (Lipinski definition) is 3. The van der Waals surface area contributed by atoms with Gasteiger partial charge >= 0.3 is 0 Å². The first kappa shape index (κ1) is 18.8. The molecule has 1 unspecified atom stereocenters. The van der Waals surface area contributed by atoms with Crippen LogP contribution in [0.2, 0.25) is 0 Å². The maximum absolute atomic E-state index is 12.6. The Morgan fingerprint density at radius 2 is 2.04 bits per heavy atom. The highest BCUT2D eigenvalue weighted by atomic mass is 16.5. The molecule has 0 spiro atoms. The first-order chi connectivity index (χ1) is 11.4. The number of benzene rings is 1. The molecule has 1 aromatic carbocycles. The Hall–Kier alpha value is -1.55. The average molecular weight is 332 g/mol. The van der Waals surface area contributed by atoms with Gasteiger partial charge in [0.1, 0.15) is 5.75 Å². The topological polar surface area (TPSA) is 50.4 Å². The van der Waals surface area contributed by atoms with Crippen LogP contribution in [0.5, 0.6) is 5.75 Å². The zero-order valence-corrected chi connectivity index (χ0v) is 15.5. The predicted octanol–water partition coefficient (Wildman–Crippen LogP) is 3.11. The zero-order valence-electron chi connectivity index (χ0n) is 15.5. The van der Waals surface area contributed by atoms with Crippen LogP contribution in [0.1, 0.15) is 46.1 Å². The van der Waals surface area contributed by atoms with Crippen LogP contribution >= 0.6 is 0 Å². The summed E-state index contributed by atoms with van der Waals surface area (Å²) in [6.45, 7) is 11.9. The third-order valence-electron chi connectivity index (χ3n) is 4.73. The van der Waals surface area contributed by atoms with Gasteiger partial charge in [-0.3, -0.25) is 4.79 Å². The molecule has 1 atom stereocenters. The van der Waals surface area contributed by atoms with E-state index in [9.17, 15) is 4.79 Å². The summed E-state index contributed by atoms with van der Waals surface area (Å²) in [4.78, 5) is 12.6. The summed E-state index contributed by atoms with van der Waals surface area (Å²) in [7, 11) is 0. The fourth-order valence-corrected chi connectivity index (χ4v) is 2.93. The van der Waals surface area contributed by atoms with Crippen LogP contribution in [0.4, 0.5) is 0 Å². The zero-order chi connectivity index (χ0) is 17.6. The van der Waals surface area contributed by atoms with Crippen molar-refractivity contribution in [1.82, 2.24) is 10.6 Å². The van der Waals surface area contributed by atoms with Gasteiger partial charge in [0.2, 0.25) is 5.91 Å². The molecule has 1 fully saturated rings. The molecule has 1 saturated heterocycles. The van der Waals surface area contributed by atoms with E-state index in [1.165, 1.54) is 6.42 Å². The van der Waals surface area contributed by atoms with Crippen molar-refractivity contribution in [3.05, 3.63) is 29.8 Å². The van der Waals surface area contributed by atoms with Crippen LogP contribution in [-0.4, -0.2) is 32.1 Å². The van der Waals surface area contributed by atoms with Crippen LogP contribution < -0.4 is 15.4 Å². The fourth-order valence-electron chi connectivity index (χ4n) is 2.93. The van der Waals surface area contributed by atoms with Crippen LogP contribution in [0.3, 0.4) is 0 Å². The molecular weight excluding hydrogens is 300 g/mol. The van der Waals surface area contributed by atoms with Gasteiger partial charge in [0.25, 0.3) is 0 Å². The first-order valence-corrected chi connectivity index (χ1v) is 9.12. The molecular formula is C20H32N2O2. The molecule has 1 amide bonds. The Morgan fingerprint density at radius 3 is 2.62 bits per heavy atom. The fraction of sp³-hybridized carbons (Fsp3) is 0.650. The Morgan fingerprint density at radius 1 is 1.33 bits per heavy atom. The summed E-state index contributed by atoms with van der Waals surface area (Å²) in [6.07, 6.45) is 2.27. The summed E-state index contributed by atoms with van der Waals surface area (Å²) >= 11 is 0.